The van der Waals surface area contributed by atoms with Gasteiger partial charge < -0.3 is 37.9 Å². The van der Waals surface area contributed by atoms with Gasteiger partial charge in [0.25, 0.3) is 6.47 Å². The molecule has 0 N–H and O–H groups in total. The predicted molar refractivity (Wildman–Crippen MR) is 117 cm³/mol. The van der Waals surface area contributed by atoms with E-state index in [0.29, 0.717) is 6.47 Å². The standard InChI is InChI=1S/C22H34O12/c1-4-20(25)33-12-9-29-16-22(14-27-6-7-31-18-23,15-28-8-11-32-19(3)24)17-30-10-13-34-21(26)5-2/h4-5,18H,1-2,6-17H2,3H3. The van der Waals surface area contributed by atoms with Gasteiger partial charge in [-0.05, 0) is 0 Å². The summed E-state index contributed by atoms with van der Waals surface area (Å²) >= 11 is 0. The highest BCUT2D eigenvalue weighted by Gasteiger charge is 2.32. The summed E-state index contributed by atoms with van der Waals surface area (Å²) in [6, 6.07) is 0. The summed E-state index contributed by atoms with van der Waals surface area (Å²) < 4.78 is 41.8. The number of carbonyl (C=O) groups is 4. The van der Waals surface area contributed by atoms with Crippen molar-refractivity contribution in [1.29, 1.82) is 0 Å². The lowest BCUT2D eigenvalue weighted by Gasteiger charge is -2.33. The highest BCUT2D eigenvalue weighted by atomic mass is 16.6. The van der Waals surface area contributed by atoms with Crippen LogP contribution in [-0.2, 0) is 57.1 Å². The van der Waals surface area contributed by atoms with Gasteiger partial charge in [0.15, 0.2) is 0 Å². The minimum Gasteiger partial charge on any atom is -0.465 e. The van der Waals surface area contributed by atoms with Crippen molar-refractivity contribution in [3.05, 3.63) is 25.3 Å². The minimum absolute atomic E-state index is 0.0145. The fourth-order valence-corrected chi connectivity index (χ4v) is 2.32. The highest BCUT2D eigenvalue weighted by Crippen LogP contribution is 2.21. The van der Waals surface area contributed by atoms with E-state index in [2.05, 4.69) is 17.9 Å². The maximum absolute atomic E-state index is 11.2. The smallest absolute Gasteiger partial charge is 0.330 e. The van der Waals surface area contributed by atoms with E-state index < -0.39 is 23.3 Å². The van der Waals surface area contributed by atoms with Crippen molar-refractivity contribution < 1.29 is 57.1 Å². The zero-order valence-corrected chi connectivity index (χ0v) is 19.5. The van der Waals surface area contributed by atoms with E-state index >= 15 is 0 Å². The number of carbonyl (C=O) groups excluding carboxylic acids is 4. The lowest BCUT2D eigenvalue weighted by molar-refractivity contribution is -0.147. The number of rotatable bonds is 23. The van der Waals surface area contributed by atoms with E-state index in [1.165, 1.54) is 6.92 Å². The van der Waals surface area contributed by atoms with Crippen LogP contribution in [0.4, 0.5) is 0 Å². The Morgan fingerprint density at radius 1 is 0.647 bits per heavy atom. The van der Waals surface area contributed by atoms with Crippen molar-refractivity contribution >= 4 is 24.4 Å². The van der Waals surface area contributed by atoms with Crippen LogP contribution in [0.3, 0.4) is 0 Å². The number of hydrogen-bond donors (Lipinski definition) is 0. The van der Waals surface area contributed by atoms with Gasteiger partial charge in [-0.3, -0.25) is 9.59 Å². The van der Waals surface area contributed by atoms with Gasteiger partial charge in [0.2, 0.25) is 0 Å². The first-order valence-electron chi connectivity index (χ1n) is 10.5. The van der Waals surface area contributed by atoms with Gasteiger partial charge in [-0.15, -0.1) is 0 Å². The molecule has 0 fully saturated rings. The molecular weight excluding hydrogens is 456 g/mol. The van der Waals surface area contributed by atoms with Gasteiger partial charge in [-0.2, -0.15) is 0 Å². The monoisotopic (exact) mass is 490 g/mol. The molecule has 0 bridgehead atoms. The Kier molecular flexibility index (Phi) is 19.1. The highest BCUT2D eigenvalue weighted by molar-refractivity contribution is 5.81. The van der Waals surface area contributed by atoms with E-state index in [1.54, 1.807) is 0 Å². The topological polar surface area (TPSA) is 142 Å². The second-order valence-corrected chi connectivity index (χ2v) is 6.76. The maximum atomic E-state index is 11.2. The molecule has 0 unspecified atom stereocenters. The average Bonchev–Trinajstić information content (AvgIpc) is 2.82. The summed E-state index contributed by atoms with van der Waals surface area (Å²) in [6.45, 7) is 9.22. The molecule has 0 aliphatic heterocycles. The molecule has 0 amide bonds. The lowest BCUT2D eigenvalue weighted by atomic mass is 9.92. The Bertz CT molecular complexity index is 589. The van der Waals surface area contributed by atoms with E-state index in [0.717, 1.165) is 12.2 Å². The average molecular weight is 491 g/mol. The molecular formula is C22H34O12. The van der Waals surface area contributed by atoms with Crippen LogP contribution in [0.2, 0.25) is 0 Å². The summed E-state index contributed by atoms with van der Waals surface area (Å²) in [5, 5.41) is 0. The second-order valence-electron chi connectivity index (χ2n) is 6.76. The van der Waals surface area contributed by atoms with E-state index in [-0.39, 0.29) is 79.3 Å². The van der Waals surface area contributed by atoms with Crippen LogP contribution in [-0.4, -0.2) is 104 Å². The quantitative estimate of drug-likeness (QED) is 0.0636. The van der Waals surface area contributed by atoms with Gasteiger partial charge in [-0.1, -0.05) is 13.2 Å². The molecule has 0 atom stereocenters. The molecule has 0 radical (unpaired) electrons. The third-order valence-corrected chi connectivity index (χ3v) is 3.86. The Morgan fingerprint density at radius 2 is 1.03 bits per heavy atom. The summed E-state index contributed by atoms with van der Waals surface area (Å²) in [6.07, 6.45) is 2.09. The molecule has 12 heteroatoms. The van der Waals surface area contributed by atoms with Crippen LogP contribution in [0.1, 0.15) is 6.92 Å². The zero-order valence-electron chi connectivity index (χ0n) is 19.5. The number of esters is 3. The van der Waals surface area contributed by atoms with Gasteiger partial charge >= 0.3 is 17.9 Å². The Balaban J connectivity index is 4.97. The van der Waals surface area contributed by atoms with Crippen LogP contribution in [0.15, 0.2) is 25.3 Å². The van der Waals surface area contributed by atoms with E-state index in [1.807, 2.05) is 0 Å². The van der Waals surface area contributed by atoms with Crippen molar-refractivity contribution in [2.75, 3.05) is 79.3 Å². The second kappa shape index (κ2) is 20.8. The Hall–Kier alpha value is -2.80. The summed E-state index contributed by atoms with van der Waals surface area (Å²) in [5.41, 5.74) is -0.831. The molecule has 0 aromatic carbocycles. The van der Waals surface area contributed by atoms with Crippen LogP contribution in [0, 0.1) is 5.41 Å². The molecule has 0 spiro atoms. The molecule has 12 nitrogen and oxygen atoms in total. The minimum atomic E-state index is -0.831. The first-order valence-corrected chi connectivity index (χ1v) is 10.5. The SMILES string of the molecule is C=CC(=O)OCCOCC(COCCOC=O)(COCCOC(C)=O)COCCOC(=O)C=C. The summed E-state index contributed by atoms with van der Waals surface area (Å²) in [5.74, 6) is -1.57. The Labute approximate surface area is 199 Å². The summed E-state index contributed by atoms with van der Waals surface area (Å²) in [4.78, 5) is 43.5. The Morgan fingerprint density at radius 3 is 1.38 bits per heavy atom. The fraction of sp³-hybridized carbons (Fsp3) is 0.636. The largest absolute Gasteiger partial charge is 0.465 e. The molecule has 0 aromatic heterocycles. The van der Waals surface area contributed by atoms with Crippen molar-refractivity contribution in [1.82, 2.24) is 0 Å². The van der Waals surface area contributed by atoms with E-state index in [4.69, 9.17) is 33.2 Å². The molecule has 0 rings (SSSR count). The molecule has 194 valence electrons. The molecule has 0 heterocycles. The van der Waals surface area contributed by atoms with Crippen LogP contribution < -0.4 is 0 Å². The van der Waals surface area contributed by atoms with Crippen molar-refractivity contribution in [3.8, 4) is 0 Å². The molecule has 0 saturated carbocycles. The van der Waals surface area contributed by atoms with Crippen molar-refractivity contribution in [2.24, 2.45) is 5.41 Å². The third kappa shape index (κ3) is 17.7. The molecule has 0 saturated heterocycles. The predicted octanol–water partition coefficient (Wildman–Crippen LogP) is 0.234. The van der Waals surface area contributed by atoms with Gasteiger partial charge in [0, 0.05) is 19.1 Å². The first-order chi connectivity index (χ1) is 16.4. The fourth-order valence-electron chi connectivity index (χ4n) is 2.32. The first kappa shape index (κ1) is 31.2. The van der Waals surface area contributed by atoms with Crippen molar-refractivity contribution in [2.45, 2.75) is 6.92 Å². The van der Waals surface area contributed by atoms with E-state index in [9.17, 15) is 19.2 Å². The van der Waals surface area contributed by atoms with Gasteiger partial charge in [-0.25, -0.2) is 9.59 Å². The zero-order chi connectivity index (χ0) is 25.5. The molecule has 0 aliphatic carbocycles. The van der Waals surface area contributed by atoms with Crippen LogP contribution >= 0.6 is 0 Å². The number of hydrogen-bond acceptors (Lipinski definition) is 12. The molecule has 0 aliphatic rings. The van der Waals surface area contributed by atoms with Crippen molar-refractivity contribution in [3.63, 3.8) is 0 Å². The number of ether oxygens (including phenoxy) is 8. The normalized spacial score (nSPS) is 10.7. The maximum Gasteiger partial charge on any atom is 0.330 e. The third-order valence-electron chi connectivity index (χ3n) is 3.86. The van der Waals surface area contributed by atoms with Gasteiger partial charge in [0.05, 0.1) is 58.3 Å². The molecule has 34 heavy (non-hydrogen) atoms. The van der Waals surface area contributed by atoms with Crippen LogP contribution in [0.25, 0.3) is 0 Å². The summed E-state index contributed by atoms with van der Waals surface area (Å²) in [7, 11) is 0. The molecule has 0 aromatic rings. The van der Waals surface area contributed by atoms with Crippen LogP contribution in [0.5, 0.6) is 0 Å². The van der Waals surface area contributed by atoms with Gasteiger partial charge in [0.1, 0.15) is 26.4 Å². The lowest BCUT2D eigenvalue weighted by Crippen LogP contribution is -2.43.